The van der Waals surface area contributed by atoms with E-state index in [-0.39, 0.29) is 5.69 Å². The minimum atomic E-state index is -0.872. The molecule has 1 atom stereocenters. The first-order valence-electron chi connectivity index (χ1n) is 7.47. The van der Waals surface area contributed by atoms with E-state index < -0.39 is 11.0 Å². The summed E-state index contributed by atoms with van der Waals surface area (Å²) in [6.07, 6.45) is -0.872. The summed E-state index contributed by atoms with van der Waals surface area (Å²) in [5, 5.41) is 23.3. The SMILES string of the molecule is O=[N+]([O-])c1ccc(C(O)c2ccc3c(c2)oc2ccccc23)cc1. The van der Waals surface area contributed by atoms with Gasteiger partial charge in [0.1, 0.15) is 17.3 Å². The summed E-state index contributed by atoms with van der Waals surface area (Å²) >= 11 is 0. The van der Waals surface area contributed by atoms with Crippen molar-refractivity contribution in [1.82, 2.24) is 0 Å². The second-order valence-electron chi connectivity index (χ2n) is 5.60. The van der Waals surface area contributed by atoms with Gasteiger partial charge < -0.3 is 9.52 Å². The molecule has 0 aliphatic heterocycles. The summed E-state index contributed by atoms with van der Waals surface area (Å²) in [6, 6.07) is 19.2. The summed E-state index contributed by atoms with van der Waals surface area (Å²) in [6.45, 7) is 0. The van der Waals surface area contributed by atoms with Crippen LogP contribution in [0.4, 0.5) is 5.69 Å². The molecule has 0 spiro atoms. The van der Waals surface area contributed by atoms with E-state index in [2.05, 4.69) is 0 Å². The fourth-order valence-electron chi connectivity index (χ4n) is 2.88. The second kappa shape index (κ2) is 5.47. The van der Waals surface area contributed by atoms with Gasteiger partial charge in [-0.2, -0.15) is 0 Å². The van der Waals surface area contributed by atoms with Crippen LogP contribution in [0.2, 0.25) is 0 Å². The van der Waals surface area contributed by atoms with E-state index in [1.165, 1.54) is 12.1 Å². The Bertz CT molecular complexity index is 1050. The first-order valence-corrected chi connectivity index (χ1v) is 7.47. The Morgan fingerprint density at radius 2 is 1.54 bits per heavy atom. The summed E-state index contributed by atoms with van der Waals surface area (Å²) in [7, 11) is 0. The molecular weight excluding hydrogens is 306 g/mol. The number of hydrogen-bond acceptors (Lipinski definition) is 4. The van der Waals surface area contributed by atoms with Crippen LogP contribution in [0.3, 0.4) is 0 Å². The van der Waals surface area contributed by atoms with Crippen LogP contribution in [0, 0.1) is 10.1 Å². The molecule has 0 fully saturated rings. The number of para-hydroxylation sites is 1. The van der Waals surface area contributed by atoms with Gasteiger partial charge >= 0.3 is 0 Å². The Balaban J connectivity index is 1.75. The number of benzene rings is 3. The van der Waals surface area contributed by atoms with Crippen molar-refractivity contribution in [3.05, 3.63) is 88.0 Å². The lowest BCUT2D eigenvalue weighted by molar-refractivity contribution is -0.384. The molecular formula is C19H13NO4. The highest BCUT2D eigenvalue weighted by Gasteiger charge is 2.15. The summed E-state index contributed by atoms with van der Waals surface area (Å²) in [4.78, 5) is 10.3. The molecule has 24 heavy (non-hydrogen) atoms. The predicted octanol–water partition coefficient (Wildman–Crippen LogP) is 4.58. The summed E-state index contributed by atoms with van der Waals surface area (Å²) < 4.78 is 5.83. The molecule has 4 aromatic rings. The molecule has 118 valence electrons. The molecule has 5 heteroatoms. The number of non-ortho nitro benzene ring substituents is 1. The minimum absolute atomic E-state index is 0.00122. The normalized spacial score (nSPS) is 12.5. The first kappa shape index (κ1) is 14.4. The van der Waals surface area contributed by atoms with Crippen LogP contribution >= 0.6 is 0 Å². The Hall–Kier alpha value is -3.18. The van der Waals surface area contributed by atoms with Crippen molar-refractivity contribution < 1.29 is 14.4 Å². The number of nitro benzene ring substituents is 1. The van der Waals surface area contributed by atoms with Gasteiger partial charge in [-0.1, -0.05) is 30.3 Å². The van der Waals surface area contributed by atoms with Crippen LogP contribution < -0.4 is 0 Å². The zero-order valence-electron chi connectivity index (χ0n) is 12.5. The van der Waals surface area contributed by atoms with Crippen molar-refractivity contribution in [2.24, 2.45) is 0 Å². The van der Waals surface area contributed by atoms with E-state index in [1.807, 2.05) is 36.4 Å². The minimum Gasteiger partial charge on any atom is -0.456 e. The topological polar surface area (TPSA) is 76.5 Å². The number of aliphatic hydroxyl groups is 1. The van der Waals surface area contributed by atoms with Crippen LogP contribution in [0.1, 0.15) is 17.2 Å². The molecule has 1 heterocycles. The van der Waals surface area contributed by atoms with Crippen molar-refractivity contribution >= 4 is 27.6 Å². The van der Waals surface area contributed by atoms with Crippen LogP contribution in [0.5, 0.6) is 0 Å². The van der Waals surface area contributed by atoms with E-state index >= 15 is 0 Å². The Labute approximate surface area is 136 Å². The average Bonchev–Trinajstić information content (AvgIpc) is 2.99. The molecule has 0 saturated heterocycles. The van der Waals surface area contributed by atoms with E-state index in [0.29, 0.717) is 16.7 Å². The molecule has 5 nitrogen and oxygen atoms in total. The quantitative estimate of drug-likeness (QED) is 0.443. The molecule has 0 saturated carbocycles. The molecule has 0 radical (unpaired) electrons. The smallest absolute Gasteiger partial charge is 0.269 e. The molecule has 0 amide bonds. The molecule has 1 aromatic heterocycles. The fourth-order valence-corrected chi connectivity index (χ4v) is 2.88. The number of furan rings is 1. The van der Waals surface area contributed by atoms with Crippen molar-refractivity contribution in [3.63, 3.8) is 0 Å². The van der Waals surface area contributed by atoms with Crippen molar-refractivity contribution in [1.29, 1.82) is 0 Å². The largest absolute Gasteiger partial charge is 0.456 e. The lowest BCUT2D eigenvalue weighted by Crippen LogP contribution is -1.99. The van der Waals surface area contributed by atoms with Gasteiger partial charge in [-0.3, -0.25) is 10.1 Å². The second-order valence-corrected chi connectivity index (χ2v) is 5.60. The zero-order chi connectivity index (χ0) is 16.7. The van der Waals surface area contributed by atoms with E-state index in [9.17, 15) is 15.2 Å². The van der Waals surface area contributed by atoms with Crippen LogP contribution in [-0.2, 0) is 0 Å². The number of aliphatic hydroxyl groups excluding tert-OH is 1. The third kappa shape index (κ3) is 2.31. The monoisotopic (exact) mass is 319 g/mol. The number of fused-ring (bicyclic) bond motifs is 3. The Morgan fingerprint density at radius 3 is 2.29 bits per heavy atom. The highest BCUT2D eigenvalue weighted by molar-refractivity contribution is 6.04. The van der Waals surface area contributed by atoms with Gasteiger partial charge in [-0.05, 0) is 35.4 Å². The van der Waals surface area contributed by atoms with Gasteiger partial charge in [-0.25, -0.2) is 0 Å². The maximum atomic E-state index is 10.7. The van der Waals surface area contributed by atoms with Gasteiger partial charge in [0.15, 0.2) is 0 Å². The average molecular weight is 319 g/mol. The maximum Gasteiger partial charge on any atom is 0.269 e. The maximum absolute atomic E-state index is 10.7. The van der Waals surface area contributed by atoms with Crippen molar-refractivity contribution in [3.8, 4) is 0 Å². The van der Waals surface area contributed by atoms with Crippen LogP contribution in [0.15, 0.2) is 71.1 Å². The lowest BCUT2D eigenvalue weighted by Gasteiger charge is -2.11. The van der Waals surface area contributed by atoms with Gasteiger partial charge in [0.2, 0.25) is 0 Å². The van der Waals surface area contributed by atoms with E-state index in [1.54, 1.807) is 18.2 Å². The third-order valence-corrected chi connectivity index (χ3v) is 4.14. The number of hydrogen-bond donors (Lipinski definition) is 1. The molecule has 1 N–H and O–H groups in total. The van der Waals surface area contributed by atoms with Crippen LogP contribution in [0.25, 0.3) is 21.9 Å². The molecule has 3 aromatic carbocycles. The van der Waals surface area contributed by atoms with Crippen molar-refractivity contribution in [2.45, 2.75) is 6.10 Å². The standard InChI is InChI=1S/C19H13NO4/c21-19(12-5-8-14(9-6-12)20(22)23)13-7-10-16-15-3-1-2-4-17(15)24-18(16)11-13/h1-11,19,21H. The highest BCUT2D eigenvalue weighted by atomic mass is 16.6. The molecule has 0 aliphatic rings. The third-order valence-electron chi connectivity index (χ3n) is 4.14. The first-order chi connectivity index (χ1) is 11.6. The summed E-state index contributed by atoms with van der Waals surface area (Å²) in [5.74, 6) is 0. The zero-order valence-corrected chi connectivity index (χ0v) is 12.5. The molecule has 0 aliphatic carbocycles. The Morgan fingerprint density at radius 1 is 0.875 bits per heavy atom. The Kier molecular flexibility index (Phi) is 3.29. The van der Waals surface area contributed by atoms with E-state index in [0.717, 1.165) is 16.4 Å². The van der Waals surface area contributed by atoms with Gasteiger partial charge in [0, 0.05) is 22.9 Å². The van der Waals surface area contributed by atoms with Crippen LogP contribution in [-0.4, -0.2) is 10.0 Å². The lowest BCUT2D eigenvalue weighted by atomic mass is 10.00. The fraction of sp³-hybridized carbons (Fsp3) is 0.0526. The van der Waals surface area contributed by atoms with Gasteiger partial charge in [0.05, 0.1) is 4.92 Å². The van der Waals surface area contributed by atoms with E-state index in [4.69, 9.17) is 4.42 Å². The number of nitrogens with zero attached hydrogens (tertiary/aromatic N) is 1. The molecule has 0 bridgehead atoms. The van der Waals surface area contributed by atoms with Gasteiger partial charge in [-0.15, -0.1) is 0 Å². The number of rotatable bonds is 3. The molecule has 1 unspecified atom stereocenters. The molecule has 4 rings (SSSR count). The predicted molar refractivity (Wildman–Crippen MR) is 90.9 cm³/mol. The number of nitro groups is 1. The highest BCUT2D eigenvalue weighted by Crippen LogP contribution is 2.32. The van der Waals surface area contributed by atoms with Crippen molar-refractivity contribution in [2.75, 3.05) is 0 Å². The summed E-state index contributed by atoms with van der Waals surface area (Å²) in [5.41, 5.74) is 2.77. The van der Waals surface area contributed by atoms with Gasteiger partial charge in [0.25, 0.3) is 5.69 Å².